The monoisotopic (exact) mass is 299 g/mol. The number of hydrogen-bond donors (Lipinski definition) is 3. The summed E-state index contributed by atoms with van der Waals surface area (Å²) in [7, 11) is 1.66. The van der Waals surface area contributed by atoms with Crippen LogP contribution in [-0.4, -0.2) is 20.2 Å². The number of methoxy groups -OCH3 is 1. The molecule has 0 fully saturated rings. The van der Waals surface area contributed by atoms with Crippen LogP contribution in [0.5, 0.6) is 5.75 Å². The highest BCUT2D eigenvalue weighted by Crippen LogP contribution is 2.28. The molecule has 0 amide bonds. The van der Waals surface area contributed by atoms with Crippen molar-refractivity contribution in [1.29, 1.82) is 0 Å². The number of para-hydroxylation sites is 1. The van der Waals surface area contributed by atoms with Gasteiger partial charge in [-0.1, -0.05) is 18.7 Å². The molecule has 4 N–H and O–H groups in total. The van der Waals surface area contributed by atoms with E-state index in [-0.39, 0.29) is 0 Å². The molecule has 0 aromatic heterocycles. The molecule has 0 saturated carbocycles. The van der Waals surface area contributed by atoms with Gasteiger partial charge >= 0.3 is 0 Å². The third-order valence-corrected chi connectivity index (χ3v) is 2.85. The number of hydrogen-bond acceptors (Lipinski definition) is 4. The zero-order valence-electron chi connectivity index (χ0n) is 9.92. The van der Waals surface area contributed by atoms with Gasteiger partial charge in [0.15, 0.2) is 0 Å². The second-order valence-corrected chi connectivity index (χ2v) is 4.33. The number of rotatable bonds is 7. The first-order chi connectivity index (χ1) is 8.19. The van der Waals surface area contributed by atoms with E-state index in [0.717, 1.165) is 21.6 Å². The Balaban J connectivity index is 2.57. The Morgan fingerprint density at radius 1 is 1.47 bits per heavy atom. The van der Waals surface area contributed by atoms with Gasteiger partial charge in [-0.2, -0.15) is 0 Å². The SMILES string of the molecule is C=C(NCCN)NCc1cccc(Br)c1OC. The van der Waals surface area contributed by atoms with Crippen molar-refractivity contribution in [1.82, 2.24) is 10.6 Å². The standard InChI is InChI=1S/C12H18BrN3O/c1-9(15-7-6-14)16-8-10-4-3-5-11(13)12(10)17-2/h3-5,15-16H,1,6-8,14H2,2H3. The average molecular weight is 300 g/mol. The fourth-order valence-electron chi connectivity index (χ4n) is 1.41. The van der Waals surface area contributed by atoms with Crippen molar-refractivity contribution in [3.8, 4) is 5.75 Å². The van der Waals surface area contributed by atoms with Crippen LogP contribution in [0.2, 0.25) is 0 Å². The summed E-state index contributed by atoms with van der Waals surface area (Å²) in [6.45, 7) is 5.80. The van der Waals surface area contributed by atoms with Crippen LogP contribution < -0.4 is 21.1 Å². The zero-order chi connectivity index (χ0) is 12.7. The second kappa shape index (κ2) is 7.19. The van der Waals surface area contributed by atoms with E-state index in [2.05, 4.69) is 33.1 Å². The highest BCUT2D eigenvalue weighted by atomic mass is 79.9. The zero-order valence-corrected chi connectivity index (χ0v) is 11.5. The minimum atomic E-state index is 0.584. The molecule has 94 valence electrons. The van der Waals surface area contributed by atoms with Gasteiger partial charge in [0, 0.05) is 25.2 Å². The van der Waals surface area contributed by atoms with E-state index in [1.54, 1.807) is 7.11 Å². The van der Waals surface area contributed by atoms with Crippen molar-refractivity contribution < 1.29 is 4.74 Å². The molecule has 1 aromatic carbocycles. The van der Waals surface area contributed by atoms with E-state index < -0.39 is 0 Å². The van der Waals surface area contributed by atoms with E-state index in [0.29, 0.717) is 19.6 Å². The van der Waals surface area contributed by atoms with Gasteiger partial charge in [0.1, 0.15) is 5.75 Å². The Kier molecular flexibility index (Phi) is 5.86. The molecule has 0 bridgehead atoms. The number of nitrogens with one attached hydrogen (secondary N) is 2. The van der Waals surface area contributed by atoms with Crippen molar-refractivity contribution in [2.75, 3.05) is 20.2 Å². The van der Waals surface area contributed by atoms with E-state index in [4.69, 9.17) is 10.5 Å². The molecular formula is C12H18BrN3O. The maximum atomic E-state index is 5.39. The third-order valence-electron chi connectivity index (χ3n) is 2.23. The maximum absolute atomic E-state index is 5.39. The minimum Gasteiger partial charge on any atom is -0.495 e. The first-order valence-corrected chi connectivity index (χ1v) is 6.16. The number of nitrogens with two attached hydrogens (primary N) is 1. The molecule has 0 aliphatic heterocycles. The summed E-state index contributed by atoms with van der Waals surface area (Å²) < 4.78 is 6.28. The Labute approximate surface area is 110 Å². The number of benzene rings is 1. The number of ether oxygens (including phenoxy) is 1. The van der Waals surface area contributed by atoms with E-state index in [9.17, 15) is 0 Å². The van der Waals surface area contributed by atoms with Crippen molar-refractivity contribution in [3.63, 3.8) is 0 Å². The summed E-state index contributed by atoms with van der Waals surface area (Å²) in [5.74, 6) is 1.60. The molecule has 1 rings (SSSR count). The topological polar surface area (TPSA) is 59.3 Å². The van der Waals surface area contributed by atoms with E-state index in [1.165, 1.54) is 0 Å². The second-order valence-electron chi connectivity index (χ2n) is 3.48. The molecule has 0 atom stereocenters. The third kappa shape index (κ3) is 4.28. The van der Waals surface area contributed by atoms with Crippen molar-refractivity contribution in [2.24, 2.45) is 5.73 Å². The fraction of sp³-hybridized carbons (Fsp3) is 0.333. The predicted octanol–water partition coefficient (Wildman–Crippen LogP) is 1.57. The summed E-state index contributed by atoms with van der Waals surface area (Å²) in [6, 6.07) is 5.93. The van der Waals surface area contributed by atoms with Gasteiger partial charge in [0.2, 0.25) is 0 Å². The van der Waals surface area contributed by atoms with Crippen LogP contribution in [0.1, 0.15) is 5.56 Å². The summed E-state index contributed by atoms with van der Waals surface area (Å²) >= 11 is 3.45. The predicted molar refractivity (Wildman–Crippen MR) is 73.7 cm³/mol. The molecule has 5 heteroatoms. The van der Waals surface area contributed by atoms with Crippen LogP contribution in [0, 0.1) is 0 Å². The van der Waals surface area contributed by atoms with Gasteiger partial charge in [-0.3, -0.25) is 0 Å². The summed E-state index contributed by atoms with van der Waals surface area (Å²) in [6.07, 6.45) is 0. The normalized spacial score (nSPS) is 9.82. The molecule has 0 spiro atoms. The summed E-state index contributed by atoms with van der Waals surface area (Å²) in [5.41, 5.74) is 6.46. The lowest BCUT2D eigenvalue weighted by Gasteiger charge is -2.14. The lowest BCUT2D eigenvalue weighted by molar-refractivity contribution is 0.405. The van der Waals surface area contributed by atoms with Gasteiger partial charge in [-0.05, 0) is 22.0 Å². The van der Waals surface area contributed by atoms with Crippen molar-refractivity contribution in [2.45, 2.75) is 6.54 Å². The molecule has 1 aromatic rings. The molecule has 0 aliphatic carbocycles. The Morgan fingerprint density at radius 3 is 2.88 bits per heavy atom. The van der Waals surface area contributed by atoms with Crippen LogP contribution in [0.4, 0.5) is 0 Å². The van der Waals surface area contributed by atoms with E-state index >= 15 is 0 Å². The molecular weight excluding hydrogens is 282 g/mol. The largest absolute Gasteiger partial charge is 0.495 e. The molecule has 0 unspecified atom stereocenters. The lowest BCUT2D eigenvalue weighted by Crippen LogP contribution is -2.29. The van der Waals surface area contributed by atoms with Crippen LogP contribution in [0.25, 0.3) is 0 Å². The van der Waals surface area contributed by atoms with Gasteiger partial charge in [-0.25, -0.2) is 0 Å². The first-order valence-electron chi connectivity index (χ1n) is 5.37. The maximum Gasteiger partial charge on any atom is 0.138 e. The molecule has 0 saturated heterocycles. The highest BCUT2D eigenvalue weighted by Gasteiger charge is 2.06. The molecule has 0 aliphatic rings. The highest BCUT2D eigenvalue weighted by molar-refractivity contribution is 9.10. The fourth-order valence-corrected chi connectivity index (χ4v) is 1.98. The summed E-state index contributed by atoms with van der Waals surface area (Å²) in [5, 5.41) is 6.25. The molecule has 0 radical (unpaired) electrons. The Hall–Kier alpha value is -1.20. The van der Waals surface area contributed by atoms with Crippen molar-refractivity contribution >= 4 is 15.9 Å². The van der Waals surface area contributed by atoms with Gasteiger partial charge in [0.25, 0.3) is 0 Å². The minimum absolute atomic E-state index is 0.584. The van der Waals surface area contributed by atoms with Gasteiger partial charge in [-0.15, -0.1) is 0 Å². The van der Waals surface area contributed by atoms with Gasteiger partial charge < -0.3 is 21.1 Å². The number of halogens is 1. The molecule has 0 heterocycles. The van der Waals surface area contributed by atoms with Gasteiger partial charge in [0.05, 0.1) is 17.4 Å². The van der Waals surface area contributed by atoms with Crippen LogP contribution in [0.15, 0.2) is 35.1 Å². The molecule has 4 nitrogen and oxygen atoms in total. The smallest absolute Gasteiger partial charge is 0.138 e. The van der Waals surface area contributed by atoms with Crippen LogP contribution in [0.3, 0.4) is 0 Å². The first kappa shape index (κ1) is 13.9. The lowest BCUT2D eigenvalue weighted by atomic mass is 10.2. The van der Waals surface area contributed by atoms with Crippen LogP contribution in [-0.2, 0) is 6.54 Å². The van der Waals surface area contributed by atoms with Crippen molar-refractivity contribution in [3.05, 3.63) is 40.6 Å². The Morgan fingerprint density at radius 2 is 2.24 bits per heavy atom. The van der Waals surface area contributed by atoms with Crippen LogP contribution >= 0.6 is 15.9 Å². The summed E-state index contributed by atoms with van der Waals surface area (Å²) in [4.78, 5) is 0. The quantitative estimate of drug-likeness (QED) is 0.715. The van der Waals surface area contributed by atoms with E-state index in [1.807, 2.05) is 18.2 Å². The average Bonchev–Trinajstić information content (AvgIpc) is 2.33. The Bertz CT molecular complexity index is 382. The molecule has 17 heavy (non-hydrogen) atoms.